The lowest BCUT2D eigenvalue weighted by molar-refractivity contribution is -0.136. The van der Waals surface area contributed by atoms with Crippen molar-refractivity contribution in [3.8, 4) is 0 Å². The zero-order valence-corrected chi connectivity index (χ0v) is 15.4. The SMILES string of the molecule is COC(=O)C1=C(C)N(c2ccc(C)cc2)C(=O)/C1=C\c1ccc(C)cc1. The zero-order chi connectivity index (χ0) is 18.8. The molecule has 1 heterocycles. The molecule has 2 aromatic carbocycles. The van der Waals surface area contributed by atoms with Gasteiger partial charge in [-0.25, -0.2) is 4.79 Å². The van der Waals surface area contributed by atoms with Crippen LogP contribution in [0.4, 0.5) is 5.69 Å². The third-order valence-corrected chi connectivity index (χ3v) is 4.47. The second-order valence-electron chi connectivity index (χ2n) is 6.40. The van der Waals surface area contributed by atoms with Crippen molar-refractivity contribution < 1.29 is 14.3 Å². The molecule has 26 heavy (non-hydrogen) atoms. The highest BCUT2D eigenvalue weighted by Crippen LogP contribution is 2.35. The number of benzene rings is 2. The number of ether oxygens (including phenoxy) is 1. The number of carbonyl (C=O) groups excluding carboxylic acids is 2. The van der Waals surface area contributed by atoms with Crippen molar-refractivity contribution in [1.82, 2.24) is 0 Å². The molecule has 3 rings (SSSR count). The van der Waals surface area contributed by atoms with Crippen molar-refractivity contribution in [3.05, 3.63) is 82.1 Å². The van der Waals surface area contributed by atoms with E-state index in [1.54, 1.807) is 17.9 Å². The fraction of sp³-hybridized carbons (Fsp3) is 0.182. The van der Waals surface area contributed by atoms with E-state index in [0.29, 0.717) is 16.8 Å². The lowest BCUT2D eigenvalue weighted by Crippen LogP contribution is -2.24. The summed E-state index contributed by atoms with van der Waals surface area (Å²) in [4.78, 5) is 27.0. The van der Waals surface area contributed by atoms with Crippen molar-refractivity contribution >= 4 is 23.6 Å². The lowest BCUT2D eigenvalue weighted by Gasteiger charge is -2.18. The minimum atomic E-state index is -0.510. The molecule has 0 aliphatic carbocycles. The maximum atomic E-state index is 13.1. The van der Waals surface area contributed by atoms with E-state index < -0.39 is 5.97 Å². The average molecular weight is 347 g/mol. The van der Waals surface area contributed by atoms with Crippen LogP contribution in [0.2, 0.25) is 0 Å². The topological polar surface area (TPSA) is 46.6 Å². The highest BCUT2D eigenvalue weighted by atomic mass is 16.5. The van der Waals surface area contributed by atoms with Crippen LogP contribution in [-0.2, 0) is 14.3 Å². The number of methoxy groups -OCH3 is 1. The molecule has 0 unspecified atom stereocenters. The fourth-order valence-electron chi connectivity index (χ4n) is 3.01. The van der Waals surface area contributed by atoms with Crippen LogP contribution in [0.15, 0.2) is 65.4 Å². The monoisotopic (exact) mass is 347 g/mol. The summed E-state index contributed by atoms with van der Waals surface area (Å²) in [6.07, 6.45) is 1.74. The molecule has 4 nitrogen and oxygen atoms in total. The van der Waals surface area contributed by atoms with Crippen LogP contribution in [0, 0.1) is 13.8 Å². The summed E-state index contributed by atoms with van der Waals surface area (Å²) in [6.45, 7) is 5.75. The van der Waals surface area contributed by atoms with Gasteiger partial charge < -0.3 is 4.74 Å². The van der Waals surface area contributed by atoms with Gasteiger partial charge in [0.2, 0.25) is 0 Å². The summed E-state index contributed by atoms with van der Waals surface area (Å²) >= 11 is 0. The summed E-state index contributed by atoms with van der Waals surface area (Å²) in [7, 11) is 1.32. The Labute approximate surface area is 153 Å². The Balaban J connectivity index is 2.12. The van der Waals surface area contributed by atoms with Gasteiger partial charge in [0.1, 0.15) is 0 Å². The molecule has 0 aromatic heterocycles. The summed E-state index contributed by atoms with van der Waals surface area (Å²) in [5.41, 5.74) is 5.05. The Morgan fingerprint density at radius 2 is 1.46 bits per heavy atom. The lowest BCUT2D eigenvalue weighted by atomic mass is 10.0. The number of hydrogen-bond acceptors (Lipinski definition) is 3. The molecular weight excluding hydrogens is 326 g/mol. The van der Waals surface area contributed by atoms with Crippen LogP contribution >= 0.6 is 0 Å². The van der Waals surface area contributed by atoms with Crippen LogP contribution in [0.25, 0.3) is 6.08 Å². The molecular formula is C22H21NO3. The summed E-state index contributed by atoms with van der Waals surface area (Å²) < 4.78 is 4.93. The molecule has 132 valence electrons. The molecule has 4 heteroatoms. The number of esters is 1. The Kier molecular flexibility index (Phi) is 4.76. The predicted molar refractivity (Wildman–Crippen MR) is 103 cm³/mol. The molecule has 0 N–H and O–H groups in total. The predicted octanol–water partition coefficient (Wildman–Crippen LogP) is 4.18. The van der Waals surface area contributed by atoms with E-state index in [1.807, 2.05) is 62.4 Å². The minimum Gasteiger partial charge on any atom is -0.465 e. The first-order chi connectivity index (χ1) is 12.4. The van der Waals surface area contributed by atoms with Gasteiger partial charge in [-0.15, -0.1) is 0 Å². The van der Waals surface area contributed by atoms with Crippen molar-refractivity contribution in [1.29, 1.82) is 0 Å². The first kappa shape index (κ1) is 17.7. The normalized spacial score (nSPS) is 15.8. The number of aryl methyl sites for hydroxylation is 2. The zero-order valence-electron chi connectivity index (χ0n) is 15.4. The number of allylic oxidation sites excluding steroid dienone is 1. The van der Waals surface area contributed by atoms with Gasteiger partial charge >= 0.3 is 5.97 Å². The van der Waals surface area contributed by atoms with Gasteiger partial charge in [0.25, 0.3) is 5.91 Å². The highest BCUT2D eigenvalue weighted by Gasteiger charge is 2.37. The van der Waals surface area contributed by atoms with E-state index in [9.17, 15) is 9.59 Å². The molecule has 1 amide bonds. The van der Waals surface area contributed by atoms with Crippen LogP contribution in [0.3, 0.4) is 0 Å². The standard InChI is InChI=1S/C22H21NO3/c1-14-5-9-17(10-6-14)13-19-20(22(25)26-4)16(3)23(21(19)24)18-11-7-15(2)8-12-18/h5-13H,1-4H3/b19-13-. The van der Waals surface area contributed by atoms with E-state index in [4.69, 9.17) is 4.74 Å². The Morgan fingerprint density at radius 3 is 2.00 bits per heavy atom. The number of anilines is 1. The summed E-state index contributed by atoms with van der Waals surface area (Å²) in [5.74, 6) is -0.740. The average Bonchev–Trinajstić information content (AvgIpc) is 2.87. The van der Waals surface area contributed by atoms with E-state index in [2.05, 4.69) is 0 Å². The van der Waals surface area contributed by atoms with E-state index in [0.717, 1.165) is 22.4 Å². The maximum Gasteiger partial charge on any atom is 0.340 e. The number of rotatable bonds is 3. The second kappa shape index (κ2) is 7.00. The Bertz CT molecular complexity index is 919. The van der Waals surface area contributed by atoms with Crippen LogP contribution < -0.4 is 4.90 Å². The molecule has 0 saturated carbocycles. The summed E-state index contributed by atoms with van der Waals surface area (Å²) in [6, 6.07) is 15.4. The maximum absolute atomic E-state index is 13.1. The third-order valence-electron chi connectivity index (χ3n) is 4.47. The van der Waals surface area contributed by atoms with Gasteiger partial charge in [0.05, 0.1) is 18.3 Å². The van der Waals surface area contributed by atoms with E-state index >= 15 is 0 Å². The van der Waals surface area contributed by atoms with Gasteiger partial charge in [0.15, 0.2) is 0 Å². The Morgan fingerprint density at radius 1 is 0.923 bits per heavy atom. The molecule has 2 aromatic rings. The summed E-state index contributed by atoms with van der Waals surface area (Å²) in [5, 5.41) is 0. The van der Waals surface area contributed by atoms with E-state index in [-0.39, 0.29) is 5.91 Å². The number of amides is 1. The molecule has 1 aliphatic heterocycles. The fourth-order valence-corrected chi connectivity index (χ4v) is 3.01. The first-order valence-electron chi connectivity index (χ1n) is 8.41. The van der Waals surface area contributed by atoms with E-state index in [1.165, 1.54) is 7.11 Å². The molecule has 0 spiro atoms. The van der Waals surface area contributed by atoms with Gasteiger partial charge in [-0.3, -0.25) is 9.69 Å². The van der Waals surface area contributed by atoms with Gasteiger partial charge in [-0.2, -0.15) is 0 Å². The largest absolute Gasteiger partial charge is 0.465 e. The second-order valence-corrected chi connectivity index (χ2v) is 6.40. The Hall–Kier alpha value is -3.14. The van der Waals surface area contributed by atoms with Crippen molar-refractivity contribution in [3.63, 3.8) is 0 Å². The number of carbonyl (C=O) groups is 2. The molecule has 1 aliphatic rings. The van der Waals surface area contributed by atoms with Crippen LogP contribution in [0.1, 0.15) is 23.6 Å². The molecule has 0 saturated heterocycles. The smallest absolute Gasteiger partial charge is 0.340 e. The van der Waals surface area contributed by atoms with Crippen LogP contribution in [-0.4, -0.2) is 19.0 Å². The number of hydrogen-bond donors (Lipinski definition) is 0. The highest BCUT2D eigenvalue weighted by molar-refractivity contribution is 6.23. The molecule has 0 fully saturated rings. The van der Waals surface area contributed by atoms with Crippen molar-refractivity contribution in [2.45, 2.75) is 20.8 Å². The van der Waals surface area contributed by atoms with Gasteiger partial charge in [-0.05, 0) is 44.5 Å². The van der Waals surface area contributed by atoms with Gasteiger partial charge in [-0.1, -0.05) is 47.5 Å². The molecule has 0 radical (unpaired) electrons. The van der Waals surface area contributed by atoms with Gasteiger partial charge in [0, 0.05) is 11.4 Å². The van der Waals surface area contributed by atoms with Crippen LogP contribution in [0.5, 0.6) is 0 Å². The quantitative estimate of drug-likeness (QED) is 0.618. The van der Waals surface area contributed by atoms with Crippen molar-refractivity contribution in [2.24, 2.45) is 0 Å². The first-order valence-corrected chi connectivity index (χ1v) is 8.41. The van der Waals surface area contributed by atoms with Crippen molar-refractivity contribution in [2.75, 3.05) is 12.0 Å². The third kappa shape index (κ3) is 3.18. The number of nitrogens with zero attached hydrogens (tertiary/aromatic N) is 1. The molecule has 0 bridgehead atoms. The minimum absolute atomic E-state index is 0.229. The molecule has 0 atom stereocenters.